The quantitative estimate of drug-likeness (QED) is 0.607. The van der Waals surface area contributed by atoms with Crippen LogP contribution < -0.4 is 9.47 Å². The molecule has 0 radical (unpaired) electrons. The highest BCUT2D eigenvalue weighted by Gasteiger charge is 2.17. The predicted octanol–water partition coefficient (Wildman–Crippen LogP) is 3.70. The standard InChI is InChI=1S/C21H27NO4/c1-4-25-21(23)16-22(2)15-14-18(17-10-6-5-7-11-17)26-20-13-9-8-12-19(20)24-3/h5-13,18H,4,14-16H2,1-3H3. The van der Waals surface area contributed by atoms with E-state index >= 15 is 0 Å². The van der Waals surface area contributed by atoms with E-state index in [1.807, 2.05) is 73.5 Å². The average Bonchev–Trinajstić information content (AvgIpc) is 2.66. The van der Waals surface area contributed by atoms with Gasteiger partial charge >= 0.3 is 5.97 Å². The SMILES string of the molecule is CCOC(=O)CN(C)CCC(Oc1ccccc1OC)c1ccccc1. The number of carbonyl (C=O) groups is 1. The fourth-order valence-electron chi connectivity index (χ4n) is 2.67. The van der Waals surface area contributed by atoms with Gasteiger partial charge in [0.05, 0.1) is 20.3 Å². The van der Waals surface area contributed by atoms with Crippen molar-refractivity contribution >= 4 is 5.97 Å². The normalized spacial score (nSPS) is 11.8. The highest BCUT2D eigenvalue weighted by Crippen LogP contribution is 2.32. The fraction of sp³-hybridized carbons (Fsp3) is 0.381. The van der Waals surface area contributed by atoms with Crippen molar-refractivity contribution in [3.63, 3.8) is 0 Å². The Balaban J connectivity index is 2.06. The summed E-state index contributed by atoms with van der Waals surface area (Å²) in [6.45, 7) is 3.18. The van der Waals surface area contributed by atoms with Gasteiger partial charge in [-0.1, -0.05) is 42.5 Å². The molecule has 140 valence electrons. The van der Waals surface area contributed by atoms with Crippen LogP contribution >= 0.6 is 0 Å². The molecule has 0 spiro atoms. The van der Waals surface area contributed by atoms with Gasteiger partial charge in [0.15, 0.2) is 11.5 Å². The lowest BCUT2D eigenvalue weighted by Gasteiger charge is -2.23. The molecule has 0 saturated heterocycles. The first kappa shape index (κ1) is 19.8. The van der Waals surface area contributed by atoms with Gasteiger partial charge in [-0.25, -0.2) is 0 Å². The molecule has 1 unspecified atom stereocenters. The van der Waals surface area contributed by atoms with E-state index in [0.29, 0.717) is 24.7 Å². The van der Waals surface area contributed by atoms with Crippen LogP contribution in [0, 0.1) is 0 Å². The summed E-state index contributed by atoms with van der Waals surface area (Å²) in [5.41, 5.74) is 1.09. The van der Waals surface area contributed by atoms with E-state index in [0.717, 1.165) is 12.0 Å². The Morgan fingerprint density at radius 3 is 2.35 bits per heavy atom. The van der Waals surface area contributed by atoms with Crippen LogP contribution in [0.5, 0.6) is 11.5 Å². The molecular weight excluding hydrogens is 330 g/mol. The summed E-state index contributed by atoms with van der Waals surface area (Å²) in [7, 11) is 3.54. The lowest BCUT2D eigenvalue weighted by Crippen LogP contribution is -2.29. The number of likely N-dealkylation sites (N-methyl/N-ethyl adjacent to an activating group) is 1. The first-order valence-electron chi connectivity index (χ1n) is 8.82. The number of methoxy groups -OCH3 is 1. The number of benzene rings is 2. The van der Waals surface area contributed by atoms with Crippen LogP contribution in [-0.2, 0) is 9.53 Å². The van der Waals surface area contributed by atoms with Crippen molar-refractivity contribution in [1.82, 2.24) is 4.90 Å². The van der Waals surface area contributed by atoms with Crippen molar-refractivity contribution in [2.24, 2.45) is 0 Å². The Morgan fingerprint density at radius 2 is 1.69 bits per heavy atom. The molecule has 0 aliphatic heterocycles. The van der Waals surface area contributed by atoms with Crippen molar-refractivity contribution in [3.05, 3.63) is 60.2 Å². The van der Waals surface area contributed by atoms with E-state index in [1.54, 1.807) is 7.11 Å². The number of rotatable bonds is 10. The van der Waals surface area contributed by atoms with Gasteiger partial charge in [-0.15, -0.1) is 0 Å². The molecule has 0 N–H and O–H groups in total. The Morgan fingerprint density at radius 1 is 1.04 bits per heavy atom. The lowest BCUT2D eigenvalue weighted by atomic mass is 10.1. The molecule has 1 atom stereocenters. The topological polar surface area (TPSA) is 48.0 Å². The van der Waals surface area contributed by atoms with Gasteiger partial charge in [-0.3, -0.25) is 9.69 Å². The number of esters is 1. The smallest absolute Gasteiger partial charge is 0.320 e. The molecule has 0 saturated carbocycles. The van der Waals surface area contributed by atoms with Gasteiger partial charge in [0.2, 0.25) is 0 Å². The third-order valence-electron chi connectivity index (χ3n) is 3.99. The fourth-order valence-corrected chi connectivity index (χ4v) is 2.67. The first-order valence-corrected chi connectivity index (χ1v) is 8.82. The van der Waals surface area contributed by atoms with Crippen LogP contribution in [0.25, 0.3) is 0 Å². The van der Waals surface area contributed by atoms with Crippen LogP contribution in [0.1, 0.15) is 25.0 Å². The molecule has 26 heavy (non-hydrogen) atoms. The zero-order valence-corrected chi connectivity index (χ0v) is 15.7. The molecule has 5 nitrogen and oxygen atoms in total. The molecule has 5 heteroatoms. The Bertz CT molecular complexity index is 675. The second kappa shape index (κ2) is 10.5. The minimum Gasteiger partial charge on any atom is -0.493 e. The van der Waals surface area contributed by atoms with E-state index in [4.69, 9.17) is 14.2 Å². The van der Waals surface area contributed by atoms with Gasteiger partial charge in [0.1, 0.15) is 6.10 Å². The number of para-hydroxylation sites is 2. The Hall–Kier alpha value is -2.53. The molecule has 0 fully saturated rings. The van der Waals surface area contributed by atoms with Crippen molar-refractivity contribution < 1.29 is 19.0 Å². The summed E-state index contributed by atoms with van der Waals surface area (Å²) in [4.78, 5) is 13.6. The molecular formula is C21H27NO4. The number of ether oxygens (including phenoxy) is 3. The highest BCUT2D eigenvalue weighted by molar-refractivity contribution is 5.71. The van der Waals surface area contributed by atoms with Crippen LogP contribution in [0.2, 0.25) is 0 Å². The maximum Gasteiger partial charge on any atom is 0.320 e. The number of hydrogen-bond donors (Lipinski definition) is 0. The maximum atomic E-state index is 11.6. The summed E-state index contributed by atoms with van der Waals surface area (Å²) in [5, 5.41) is 0. The van der Waals surface area contributed by atoms with E-state index in [-0.39, 0.29) is 18.6 Å². The largest absolute Gasteiger partial charge is 0.493 e. The third-order valence-corrected chi connectivity index (χ3v) is 3.99. The summed E-state index contributed by atoms with van der Waals surface area (Å²) in [6, 6.07) is 17.7. The summed E-state index contributed by atoms with van der Waals surface area (Å²) in [6.07, 6.45) is 0.593. The molecule has 0 aliphatic rings. The van der Waals surface area contributed by atoms with E-state index in [2.05, 4.69) is 0 Å². The van der Waals surface area contributed by atoms with E-state index < -0.39 is 0 Å². The Labute approximate surface area is 155 Å². The highest BCUT2D eigenvalue weighted by atomic mass is 16.5. The zero-order chi connectivity index (χ0) is 18.8. The summed E-state index contributed by atoms with van der Waals surface area (Å²) >= 11 is 0. The van der Waals surface area contributed by atoms with E-state index in [1.165, 1.54) is 0 Å². The summed E-state index contributed by atoms with van der Waals surface area (Å²) in [5.74, 6) is 1.20. The van der Waals surface area contributed by atoms with Crippen molar-refractivity contribution in [3.8, 4) is 11.5 Å². The van der Waals surface area contributed by atoms with E-state index in [9.17, 15) is 4.79 Å². The van der Waals surface area contributed by atoms with Crippen LogP contribution in [0.15, 0.2) is 54.6 Å². The van der Waals surface area contributed by atoms with Crippen LogP contribution in [-0.4, -0.2) is 44.7 Å². The maximum absolute atomic E-state index is 11.6. The summed E-state index contributed by atoms with van der Waals surface area (Å²) < 4.78 is 16.6. The molecule has 0 aromatic heterocycles. The van der Waals surface area contributed by atoms with Gasteiger partial charge in [-0.05, 0) is 31.7 Å². The predicted molar refractivity (Wildman–Crippen MR) is 102 cm³/mol. The number of nitrogens with zero attached hydrogens (tertiary/aromatic N) is 1. The first-order chi connectivity index (χ1) is 12.6. The van der Waals surface area contributed by atoms with Gasteiger partial charge in [0, 0.05) is 13.0 Å². The zero-order valence-electron chi connectivity index (χ0n) is 15.7. The average molecular weight is 357 g/mol. The molecule has 0 aliphatic carbocycles. The molecule has 2 rings (SSSR count). The van der Waals surface area contributed by atoms with Crippen molar-refractivity contribution in [2.45, 2.75) is 19.4 Å². The van der Waals surface area contributed by atoms with Crippen LogP contribution in [0.4, 0.5) is 0 Å². The van der Waals surface area contributed by atoms with Crippen molar-refractivity contribution in [2.75, 3.05) is 33.9 Å². The second-order valence-electron chi connectivity index (χ2n) is 6.00. The third kappa shape index (κ3) is 6.08. The molecule has 0 bridgehead atoms. The van der Waals surface area contributed by atoms with Crippen molar-refractivity contribution in [1.29, 1.82) is 0 Å². The number of hydrogen-bond acceptors (Lipinski definition) is 5. The molecule has 2 aromatic carbocycles. The Kier molecular flexibility index (Phi) is 7.96. The molecule has 0 amide bonds. The van der Waals surface area contributed by atoms with Gasteiger partial charge in [-0.2, -0.15) is 0 Å². The minimum absolute atomic E-state index is 0.142. The van der Waals surface area contributed by atoms with Gasteiger partial charge < -0.3 is 14.2 Å². The van der Waals surface area contributed by atoms with Gasteiger partial charge in [0.25, 0.3) is 0 Å². The minimum atomic E-state index is -0.211. The lowest BCUT2D eigenvalue weighted by molar-refractivity contribution is -0.144. The second-order valence-corrected chi connectivity index (χ2v) is 6.00. The molecule has 2 aromatic rings. The number of carbonyl (C=O) groups excluding carboxylic acids is 1. The van der Waals surface area contributed by atoms with Crippen LogP contribution in [0.3, 0.4) is 0 Å². The molecule has 0 heterocycles. The monoisotopic (exact) mass is 357 g/mol.